The molecule has 0 atom stereocenters. The highest BCUT2D eigenvalue weighted by Gasteiger charge is 2.21. The van der Waals surface area contributed by atoms with Crippen molar-refractivity contribution < 1.29 is 9.21 Å². The largest absolute Gasteiger partial charge is 0.451 e. The minimum Gasteiger partial charge on any atom is -0.451 e. The molecule has 2 aromatic carbocycles. The lowest BCUT2D eigenvalue weighted by Gasteiger charge is -2.10. The molecule has 164 valence electrons. The summed E-state index contributed by atoms with van der Waals surface area (Å²) in [7, 11) is 0. The van der Waals surface area contributed by atoms with Crippen LogP contribution in [0.1, 0.15) is 27.5 Å². The number of aryl methyl sites for hydroxylation is 2. The van der Waals surface area contributed by atoms with Crippen LogP contribution in [0.4, 0.5) is 5.69 Å². The molecule has 5 aromatic rings. The number of anilines is 1. The van der Waals surface area contributed by atoms with Gasteiger partial charge in [0.2, 0.25) is 0 Å². The Hall–Kier alpha value is -4.05. The molecule has 10 heteroatoms. The predicted molar refractivity (Wildman–Crippen MR) is 124 cm³/mol. The maximum absolute atomic E-state index is 13.3. The summed E-state index contributed by atoms with van der Waals surface area (Å²) in [4.78, 5) is 21.8. The molecule has 1 amide bonds. The van der Waals surface area contributed by atoms with E-state index in [0.29, 0.717) is 28.0 Å². The molecule has 0 bridgehead atoms. The summed E-state index contributed by atoms with van der Waals surface area (Å²) in [6, 6.07) is 15.0. The van der Waals surface area contributed by atoms with Crippen LogP contribution in [-0.2, 0) is 5.75 Å². The van der Waals surface area contributed by atoms with E-state index in [2.05, 4.69) is 30.8 Å². The van der Waals surface area contributed by atoms with Gasteiger partial charge in [-0.15, -0.1) is 5.10 Å². The number of para-hydroxylation sites is 1. The molecule has 3 aromatic heterocycles. The van der Waals surface area contributed by atoms with Gasteiger partial charge in [0.05, 0.1) is 5.69 Å². The third-order valence-electron chi connectivity index (χ3n) is 5.11. The van der Waals surface area contributed by atoms with Crippen molar-refractivity contribution in [2.45, 2.75) is 24.8 Å². The number of amides is 1. The first kappa shape index (κ1) is 20.8. The summed E-state index contributed by atoms with van der Waals surface area (Å²) in [6.45, 7) is 3.78. The first-order valence-electron chi connectivity index (χ1n) is 10.2. The summed E-state index contributed by atoms with van der Waals surface area (Å²) >= 11 is 1.45. The number of tetrazole rings is 1. The number of furan rings is 1. The van der Waals surface area contributed by atoms with Crippen molar-refractivity contribution in [3.05, 3.63) is 83.6 Å². The van der Waals surface area contributed by atoms with Gasteiger partial charge in [0.25, 0.3) is 5.91 Å². The molecule has 3 heterocycles. The molecule has 0 saturated heterocycles. The smallest absolute Gasteiger partial charge is 0.291 e. The molecular formula is C23H19N7O2S. The highest BCUT2D eigenvalue weighted by atomic mass is 32.2. The Labute approximate surface area is 193 Å². The van der Waals surface area contributed by atoms with E-state index in [4.69, 9.17) is 4.42 Å². The van der Waals surface area contributed by atoms with Crippen LogP contribution < -0.4 is 5.32 Å². The van der Waals surface area contributed by atoms with Gasteiger partial charge in [-0.25, -0.2) is 9.97 Å². The average molecular weight is 458 g/mol. The monoisotopic (exact) mass is 457 g/mol. The fourth-order valence-corrected chi connectivity index (χ4v) is 4.31. The van der Waals surface area contributed by atoms with Crippen LogP contribution in [-0.4, -0.2) is 36.1 Å². The second-order valence-electron chi connectivity index (χ2n) is 7.32. The number of hydrogen-bond acceptors (Lipinski definition) is 8. The quantitative estimate of drug-likeness (QED) is 0.296. The Morgan fingerprint density at radius 1 is 1.09 bits per heavy atom. The topological polar surface area (TPSA) is 112 Å². The maximum atomic E-state index is 13.3. The van der Waals surface area contributed by atoms with Gasteiger partial charge >= 0.3 is 0 Å². The molecule has 0 saturated carbocycles. The van der Waals surface area contributed by atoms with Gasteiger partial charge in [0, 0.05) is 34.8 Å². The number of carbonyl (C=O) groups excluding carboxylic acids is 1. The lowest BCUT2D eigenvalue weighted by molar-refractivity contribution is 0.0998. The van der Waals surface area contributed by atoms with Gasteiger partial charge in [0.1, 0.15) is 5.58 Å². The van der Waals surface area contributed by atoms with Crippen molar-refractivity contribution in [1.82, 2.24) is 30.2 Å². The molecule has 0 fully saturated rings. The molecule has 0 aliphatic carbocycles. The van der Waals surface area contributed by atoms with Crippen LogP contribution in [0.15, 0.2) is 70.5 Å². The second kappa shape index (κ2) is 8.83. The molecule has 0 radical (unpaired) electrons. The van der Waals surface area contributed by atoms with E-state index in [9.17, 15) is 4.79 Å². The summed E-state index contributed by atoms with van der Waals surface area (Å²) < 4.78 is 7.60. The number of aromatic nitrogens is 6. The lowest BCUT2D eigenvalue weighted by Crippen LogP contribution is -2.13. The minimum atomic E-state index is -0.334. The highest BCUT2D eigenvalue weighted by molar-refractivity contribution is 7.98. The molecule has 0 unspecified atom stereocenters. The molecule has 5 rings (SSSR count). The zero-order valence-corrected chi connectivity index (χ0v) is 18.7. The number of carbonyl (C=O) groups is 1. The van der Waals surface area contributed by atoms with Crippen molar-refractivity contribution in [1.29, 1.82) is 0 Å². The van der Waals surface area contributed by atoms with E-state index >= 15 is 0 Å². The molecule has 0 aliphatic rings. The van der Waals surface area contributed by atoms with Crippen LogP contribution in [0.5, 0.6) is 0 Å². The first-order chi connectivity index (χ1) is 16.1. The van der Waals surface area contributed by atoms with Crippen molar-refractivity contribution in [2.24, 2.45) is 0 Å². The number of fused-ring (bicyclic) bond motifs is 1. The van der Waals surface area contributed by atoms with Crippen LogP contribution >= 0.6 is 11.8 Å². The molecule has 1 N–H and O–H groups in total. The molecular weight excluding hydrogens is 438 g/mol. The molecule has 0 spiro atoms. The zero-order chi connectivity index (χ0) is 22.8. The van der Waals surface area contributed by atoms with Crippen LogP contribution in [0, 0.1) is 13.8 Å². The summed E-state index contributed by atoms with van der Waals surface area (Å²) in [5, 5.41) is 16.2. The lowest BCUT2D eigenvalue weighted by atomic mass is 10.1. The van der Waals surface area contributed by atoms with Gasteiger partial charge < -0.3 is 9.73 Å². The summed E-state index contributed by atoms with van der Waals surface area (Å²) in [5.74, 6) is 1.08. The predicted octanol–water partition coefficient (Wildman–Crippen LogP) is 4.36. The number of thioether (sulfide) groups is 1. The Bertz CT molecular complexity index is 1450. The van der Waals surface area contributed by atoms with Crippen LogP contribution in [0.25, 0.3) is 16.7 Å². The van der Waals surface area contributed by atoms with Crippen molar-refractivity contribution >= 4 is 34.3 Å². The third-order valence-corrected chi connectivity index (χ3v) is 6.01. The minimum absolute atomic E-state index is 0.264. The third kappa shape index (κ3) is 4.20. The highest BCUT2D eigenvalue weighted by Crippen LogP contribution is 2.31. The van der Waals surface area contributed by atoms with Crippen LogP contribution in [0.2, 0.25) is 0 Å². The number of hydrogen-bond donors (Lipinski definition) is 1. The number of rotatable bonds is 6. The Morgan fingerprint density at radius 3 is 2.70 bits per heavy atom. The van der Waals surface area contributed by atoms with E-state index in [0.717, 1.165) is 22.2 Å². The van der Waals surface area contributed by atoms with Gasteiger partial charge in [0.15, 0.2) is 16.7 Å². The van der Waals surface area contributed by atoms with E-state index in [1.54, 1.807) is 23.1 Å². The van der Waals surface area contributed by atoms with Crippen LogP contribution in [0.3, 0.4) is 0 Å². The van der Waals surface area contributed by atoms with E-state index in [1.165, 1.54) is 11.8 Å². The molecule has 9 nitrogen and oxygen atoms in total. The fraction of sp³-hybridized carbons (Fsp3) is 0.130. The summed E-state index contributed by atoms with van der Waals surface area (Å²) in [6.07, 6.45) is 3.38. The van der Waals surface area contributed by atoms with Gasteiger partial charge in [-0.1, -0.05) is 36.0 Å². The Balaban J connectivity index is 1.46. The number of nitrogens with zero attached hydrogens (tertiary/aromatic N) is 6. The Morgan fingerprint density at radius 2 is 1.91 bits per heavy atom. The van der Waals surface area contributed by atoms with Gasteiger partial charge in [-0.05, 0) is 54.1 Å². The SMILES string of the molecule is Cc1ccc(NC(=O)c2oc3ccccc3c2CSc2ncccn2)cc1-n1nnnc1C. The normalized spacial score (nSPS) is 11.1. The van der Waals surface area contributed by atoms with Gasteiger partial charge in [-0.2, -0.15) is 4.68 Å². The van der Waals surface area contributed by atoms with E-state index in [-0.39, 0.29) is 11.7 Å². The zero-order valence-electron chi connectivity index (χ0n) is 17.9. The van der Waals surface area contributed by atoms with Crippen molar-refractivity contribution in [3.8, 4) is 5.69 Å². The fourth-order valence-electron chi connectivity index (χ4n) is 3.48. The molecule has 33 heavy (non-hydrogen) atoms. The van der Waals surface area contributed by atoms with Crippen molar-refractivity contribution in [2.75, 3.05) is 5.32 Å². The van der Waals surface area contributed by atoms with Crippen molar-refractivity contribution in [3.63, 3.8) is 0 Å². The number of nitrogens with one attached hydrogen (secondary N) is 1. The Kier molecular flexibility index (Phi) is 5.57. The number of benzene rings is 2. The molecule has 0 aliphatic heterocycles. The standard InChI is InChI=1S/C23H19N7O2S/c1-14-8-9-16(12-19(14)30-15(2)27-28-29-30)26-22(31)21-18(13-33-23-24-10-5-11-25-23)17-6-3-4-7-20(17)32-21/h3-12H,13H2,1-2H3,(H,26,31). The average Bonchev–Trinajstić information content (AvgIpc) is 3.43. The first-order valence-corrected chi connectivity index (χ1v) is 11.2. The second-order valence-corrected chi connectivity index (χ2v) is 8.26. The summed E-state index contributed by atoms with van der Waals surface area (Å²) in [5.41, 5.74) is 3.83. The van der Waals surface area contributed by atoms with E-state index < -0.39 is 0 Å². The maximum Gasteiger partial charge on any atom is 0.291 e. The van der Waals surface area contributed by atoms with E-state index in [1.807, 2.05) is 56.3 Å². The van der Waals surface area contributed by atoms with Gasteiger partial charge in [-0.3, -0.25) is 4.79 Å².